The number of methoxy groups -OCH3 is 1. The van der Waals surface area contributed by atoms with Crippen LogP contribution >= 0.6 is 22.9 Å². The lowest BCUT2D eigenvalue weighted by atomic mass is 10.0. The van der Waals surface area contributed by atoms with Crippen molar-refractivity contribution < 1.29 is 14.3 Å². The first-order valence-electron chi connectivity index (χ1n) is 8.48. The Morgan fingerprint density at radius 1 is 1.18 bits per heavy atom. The first-order chi connectivity index (χ1) is 13.6. The molecule has 140 valence electrons. The van der Waals surface area contributed by atoms with E-state index in [-0.39, 0.29) is 12.2 Å². The molecule has 0 amide bonds. The molecule has 0 aliphatic heterocycles. The second kappa shape index (κ2) is 7.58. The Hall–Kier alpha value is -2.96. The Labute approximate surface area is 169 Å². The number of aromatic nitrogens is 2. The molecule has 0 spiro atoms. The molecule has 2 aromatic heterocycles. The number of ether oxygens (including phenoxy) is 1. The van der Waals surface area contributed by atoms with Crippen molar-refractivity contribution in [1.82, 2.24) is 9.97 Å². The van der Waals surface area contributed by atoms with Crippen LogP contribution in [0.2, 0.25) is 5.02 Å². The summed E-state index contributed by atoms with van der Waals surface area (Å²) in [6.07, 6.45) is 1.74. The van der Waals surface area contributed by atoms with Crippen LogP contribution in [0.15, 0.2) is 54.0 Å². The van der Waals surface area contributed by atoms with Crippen molar-refractivity contribution in [2.24, 2.45) is 0 Å². The number of nitrogens with zero attached hydrogens (tertiary/aromatic N) is 1. The Morgan fingerprint density at radius 2 is 1.96 bits per heavy atom. The Bertz CT molecular complexity index is 1160. The van der Waals surface area contributed by atoms with E-state index in [0.717, 1.165) is 16.0 Å². The van der Waals surface area contributed by atoms with Crippen molar-refractivity contribution in [1.29, 1.82) is 0 Å². The van der Waals surface area contributed by atoms with E-state index >= 15 is 0 Å². The van der Waals surface area contributed by atoms with Crippen LogP contribution in [0, 0.1) is 0 Å². The summed E-state index contributed by atoms with van der Waals surface area (Å²) in [5.74, 6) is -0.610. The lowest BCUT2D eigenvalue weighted by Gasteiger charge is -2.05. The van der Waals surface area contributed by atoms with E-state index in [1.807, 2.05) is 17.5 Å². The van der Waals surface area contributed by atoms with Crippen LogP contribution in [0.3, 0.4) is 0 Å². The zero-order valence-electron chi connectivity index (χ0n) is 14.9. The number of hydrogen-bond donors (Lipinski definition) is 1. The van der Waals surface area contributed by atoms with Gasteiger partial charge in [-0.25, -0.2) is 4.98 Å². The van der Waals surface area contributed by atoms with Crippen molar-refractivity contribution in [3.05, 3.63) is 75.9 Å². The van der Waals surface area contributed by atoms with Crippen molar-refractivity contribution >= 4 is 45.6 Å². The van der Waals surface area contributed by atoms with Gasteiger partial charge in [-0.05, 0) is 12.1 Å². The van der Waals surface area contributed by atoms with E-state index in [4.69, 9.17) is 16.3 Å². The zero-order chi connectivity index (χ0) is 19.7. The van der Waals surface area contributed by atoms with E-state index < -0.39 is 5.97 Å². The van der Waals surface area contributed by atoms with Gasteiger partial charge in [-0.1, -0.05) is 41.9 Å². The van der Waals surface area contributed by atoms with E-state index in [1.165, 1.54) is 18.4 Å². The molecule has 2 heterocycles. The van der Waals surface area contributed by atoms with Gasteiger partial charge in [0.25, 0.3) is 0 Å². The molecule has 28 heavy (non-hydrogen) atoms. The molecule has 0 aliphatic carbocycles. The molecular formula is C21H15ClN2O3S. The number of H-pyrrole nitrogens is 1. The summed E-state index contributed by atoms with van der Waals surface area (Å²) in [6.45, 7) is 0. The topological polar surface area (TPSA) is 72.1 Å². The van der Waals surface area contributed by atoms with Crippen molar-refractivity contribution in [2.75, 3.05) is 7.11 Å². The number of rotatable bonds is 5. The average molecular weight is 411 g/mol. The second-order valence-corrected chi connectivity index (χ2v) is 7.50. The molecule has 7 heteroatoms. The fourth-order valence-corrected chi connectivity index (χ4v) is 3.91. The zero-order valence-corrected chi connectivity index (χ0v) is 16.4. The molecular weight excluding hydrogens is 396 g/mol. The lowest BCUT2D eigenvalue weighted by molar-refractivity contribution is -0.139. The monoisotopic (exact) mass is 410 g/mol. The van der Waals surface area contributed by atoms with Crippen LogP contribution in [-0.4, -0.2) is 28.8 Å². The van der Waals surface area contributed by atoms with E-state index in [9.17, 15) is 9.59 Å². The van der Waals surface area contributed by atoms with Crippen molar-refractivity contribution in [3.8, 4) is 10.6 Å². The van der Waals surface area contributed by atoms with Crippen LogP contribution in [0.25, 0.3) is 21.5 Å². The fourth-order valence-electron chi connectivity index (χ4n) is 3.10. The van der Waals surface area contributed by atoms with Gasteiger partial charge in [-0.15, -0.1) is 11.3 Å². The first-order valence-corrected chi connectivity index (χ1v) is 9.74. The van der Waals surface area contributed by atoms with Crippen LogP contribution < -0.4 is 0 Å². The number of nitrogens with one attached hydrogen (secondary N) is 1. The number of carbonyl (C=O) groups is 2. The molecule has 0 fully saturated rings. The third kappa shape index (κ3) is 3.44. The maximum Gasteiger partial charge on any atom is 0.310 e. The minimum absolute atomic E-state index is 0.00357. The predicted molar refractivity (Wildman–Crippen MR) is 110 cm³/mol. The van der Waals surface area contributed by atoms with Crippen LogP contribution in [0.1, 0.15) is 21.6 Å². The highest BCUT2D eigenvalue weighted by atomic mass is 35.5. The molecule has 2 aromatic carbocycles. The first kappa shape index (κ1) is 18.4. The molecule has 0 aliphatic rings. The van der Waals surface area contributed by atoms with Gasteiger partial charge in [0.1, 0.15) is 5.01 Å². The predicted octanol–water partition coefficient (Wildman–Crippen LogP) is 4.89. The number of hydrogen-bond acceptors (Lipinski definition) is 5. The number of ketones is 1. The molecule has 4 rings (SSSR count). The highest BCUT2D eigenvalue weighted by molar-refractivity contribution is 7.13. The van der Waals surface area contributed by atoms with Crippen molar-refractivity contribution in [2.45, 2.75) is 6.42 Å². The molecule has 0 radical (unpaired) electrons. The fraction of sp³-hybridized carbons (Fsp3) is 0.0952. The summed E-state index contributed by atoms with van der Waals surface area (Å²) in [5.41, 5.74) is 3.14. The van der Waals surface area contributed by atoms with Crippen molar-refractivity contribution in [3.63, 3.8) is 0 Å². The molecule has 0 saturated carbocycles. The quantitative estimate of drug-likeness (QED) is 0.375. The number of fused-ring (bicyclic) bond motifs is 1. The van der Waals surface area contributed by atoms with Gasteiger partial charge < -0.3 is 9.72 Å². The molecule has 0 atom stereocenters. The SMILES string of the molecule is COC(=O)Cc1c(C(=O)c2ccc(-c3nccs3)cc2)[nH]c2cc(Cl)ccc12. The highest BCUT2D eigenvalue weighted by Gasteiger charge is 2.21. The average Bonchev–Trinajstić information content (AvgIpc) is 3.36. The number of carbonyl (C=O) groups excluding carboxylic acids is 2. The normalized spacial score (nSPS) is 10.9. The van der Waals surface area contributed by atoms with Gasteiger partial charge in [-0.2, -0.15) is 0 Å². The molecule has 0 bridgehead atoms. The smallest absolute Gasteiger partial charge is 0.310 e. The Kier molecular flexibility index (Phi) is 4.98. The van der Waals surface area contributed by atoms with E-state index in [0.29, 0.717) is 27.4 Å². The summed E-state index contributed by atoms with van der Waals surface area (Å²) in [6, 6.07) is 12.5. The molecule has 0 unspecified atom stereocenters. The van der Waals surface area contributed by atoms with E-state index in [1.54, 1.807) is 36.5 Å². The van der Waals surface area contributed by atoms with Gasteiger partial charge in [0.05, 0.1) is 19.2 Å². The summed E-state index contributed by atoms with van der Waals surface area (Å²) < 4.78 is 4.80. The second-order valence-electron chi connectivity index (χ2n) is 6.17. The van der Waals surface area contributed by atoms with Crippen LogP contribution in [-0.2, 0) is 16.0 Å². The summed E-state index contributed by atoms with van der Waals surface area (Å²) >= 11 is 7.61. The lowest BCUT2D eigenvalue weighted by Crippen LogP contribution is -2.10. The van der Waals surface area contributed by atoms with E-state index in [2.05, 4.69) is 9.97 Å². The maximum atomic E-state index is 13.2. The van der Waals surface area contributed by atoms with Gasteiger partial charge in [-0.3, -0.25) is 9.59 Å². The minimum atomic E-state index is -0.413. The molecule has 1 N–H and O–H groups in total. The largest absolute Gasteiger partial charge is 0.469 e. The summed E-state index contributed by atoms with van der Waals surface area (Å²) in [5, 5.41) is 4.12. The third-order valence-electron chi connectivity index (χ3n) is 4.47. The molecule has 0 saturated heterocycles. The van der Waals surface area contributed by atoms with Crippen LogP contribution in [0.4, 0.5) is 0 Å². The standard InChI is InChI=1S/C21H15ClN2O3S/c1-27-18(25)11-16-15-7-6-14(22)10-17(15)24-19(16)20(26)12-2-4-13(5-3-12)21-23-8-9-28-21/h2-10,24H,11H2,1H3. The van der Waals surface area contributed by atoms with Crippen LogP contribution in [0.5, 0.6) is 0 Å². The highest BCUT2D eigenvalue weighted by Crippen LogP contribution is 2.28. The summed E-state index contributed by atoms with van der Waals surface area (Å²) in [4.78, 5) is 32.5. The molecule has 4 aromatic rings. The maximum absolute atomic E-state index is 13.2. The van der Waals surface area contributed by atoms with Gasteiger partial charge in [0, 0.05) is 44.2 Å². The number of esters is 1. The number of thiazole rings is 1. The number of halogens is 1. The number of benzene rings is 2. The Balaban J connectivity index is 1.75. The summed E-state index contributed by atoms with van der Waals surface area (Å²) in [7, 11) is 1.33. The van der Waals surface area contributed by atoms with Gasteiger partial charge in [0.2, 0.25) is 5.78 Å². The molecule has 5 nitrogen and oxygen atoms in total. The Morgan fingerprint density at radius 3 is 2.64 bits per heavy atom. The number of aromatic amines is 1. The third-order valence-corrected chi connectivity index (χ3v) is 5.53. The van der Waals surface area contributed by atoms with Gasteiger partial charge in [0.15, 0.2) is 0 Å². The van der Waals surface area contributed by atoms with Gasteiger partial charge >= 0.3 is 5.97 Å². The minimum Gasteiger partial charge on any atom is -0.469 e.